The van der Waals surface area contributed by atoms with Crippen molar-refractivity contribution in [3.8, 4) is 5.75 Å². The second-order valence-electron chi connectivity index (χ2n) is 9.00. The number of benzene rings is 3. The number of ether oxygens (including phenoxy) is 1. The topological polar surface area (TPSA) is 66.8 Å². The van der Waals surface area contributed by atoms with E-state index in [0.29, 0.717) is 30.4 Å². The van der Waals surface area contributed by atoms with Crippen LogP contribution in [0.3, 0.4) is 0 Å². The van der Waals surface area contributed by atoms with E-state index in [0.717, 1.165) is 16.7 Å². The SMILES string of the molecule is CCOc1ccc(C2C(C(=O)CCc3ccccc3)=C(O)C(=O)N2c2ccc(C(C)C)cc2)cc1. The largest absolute Gasteiger partial charge is 0.503 e. The molecule has 3 aromatic carbocycles. The van der Waals surface area contributed by atoms with Gasteiger partial charge in [0, 0.05) is 12.1 Å². The summed E-state index contributed by atoms with van der Waals surface area (Å²) in [7, 11) is 0. The number of anilines is 1. The highest BCUT2D eigenvalue weighted by Gasteiger charge is 2.44. The number of amides is 1. The standard InChI is InChI=1S/C30H31NO4/c1-4-35-25-17-13-23(14-18-25)28-27(26(32)19-10-21-8-6-5-7-9-21)29(33)30(34)31(28)24-15-11-22(12-16-24)20(2)3/h5-9,11-18,20,28,33H,4,10,19H2,1-3H3. The van der Waals surface area contributed by atoms with Crippen LogP contribution in [0.2, 0.25) is 0 Å². The van der Waals surface area contributed by atoms with Crippen molar-refractivity contribution in [2.75, 3.05) is 11.5 Å². The number of carbonyl (C=O) groups excluding carboxylic acids is 2. The summed E-state index contributed by atoms with van der Waals surface area (Å²) >= 11 is 0. The fraction of sp³-hybridized carbons (Fsp3) is 0.267. The minimum Gasteiger partial charge on any atom is -0.503 e. The first-order valence-electron chi connectivity index (χ1n) is 12.1. The lowest BCUT2D eigenvalue weighted by Gasteiger charge is -2.27. The molecule has 35 heavy (non-hydrogen) atoms. The molecule has 0 fully saturated rings. The highest BCUT2D eigenvalue weighted by atomic mass is 16.5. The zero-order valence-electron chi connectivity index (χ0n) is 20.4. The molecule has 1 aliphatic heterocycles. The molecule has 3 aromatic rings. The molecule has 0 radical (unpaired) electrons. The molecular formula is C30H31NO4. The molecule has 0 saturated carbocycles. The summed E-state index contributed by atoms with van der Waals surface area (Å²) in [4.78, 5) is 28.3. The highest BCUT2D eigenvalue weighted by Crippen LogP contribution is 2.42. The maximum Gasteiger partial charge on any atom is 0.294 e. The van der Waals surface area contributed by atoms with Gasteiger partial charge < -0.3 is 9.84 Å². The van der Waals surface area contributed by atoms with E-state index in [1.54, 1.807) is 0 Å². The zero-order chi connectivity index (χ0) is 24.9. The molecule has 0 saturated heterocycles. The van der Waals surface area contributed by atoms with Crippen molar-refractivity contribution in [2.24, 2.45) is 0 Å². The lowest BCUT2D eigenvalue weighted by atomic mass is 9.93. The van der Waals surface area contributed by atoms with Crippen LogP contribution in [-0.4, -0.2) is 23.4 Å². The minimum atomic E-state index is -0.716. The fourth-order valence-electron chi connectivity index (χ4n) is 4.44. The molecule has 4 rings (SSSR count). The summed E-state index contributed by atoms with van der Waals surface area (Å²) < 4.78 is 5.57. The molecule has 0 aromatic heterocycles. The van der Waals surface area contributed by atoms with Gasteiger partial charge >= 0.3 is 0 Å². The summed E-state index contributed by atoms with van der Waals surface area (Å²) in [6.45, 7) is 6.67. The summed E-state index contributed by atoms with van der Waals surface area (Å²) in [5, 5.41) is 10.9. The molecule has 180 valence electrons. The minimum absolute atomic E-state index is 0.142. The van der Waals surface area contributed by atoms with Gasteiger partial charge in [-0.1, -0.05) is 68.4 Å². The number of rotatable bonds is 9. The van der Waals surface area contributed by atoms with Crippen LogP contribution < -0.4 is 9.64 Å². The highest BCUT2D eigenvalue weighted by molar-refractivity contribution is 6.16. The third kappa shape index (κ3) is 5.14. The van der Waals surface area contributed by atoms with Crippen LogP contribution in [0.15, 0.2) is 90.2 Å². The van der Waals surface area contributed by atoms with Gasteiger partial charge in [0.1, 0.15) is 5.75 Å². The number of ketones is 1. The predicted molar refractivity (Wildman–Crippen MR) is 138 cm³/mol. The number of aliphatic hydroxyl groups excluding tert-OH is 1. The van der Waals surface area contributed by atoms with Crippen molar-refractivity contribution < 1.29 is 19.4 Å². The third-order valence-electron chi connectivity index (χ3n) is 6.34. The number of hydrogen-bond acceptors (Lipinski definition) is 4. The van der Waals surface area contributed by atoms with E-state index in [1.807, 2.05) is 85.8 Å². The molecule has 0 bridgehead atoms. The molecule has 1 unspecified atom stereocenters. The van der Waals surface area contributed by atoms with Gasteiger partial charge in [0.15, 0.2) is 11.5 Å². The van der Waals surface area contributed by atoms with Gasteiger partial charge in [-0.05, 0) is 60.2 Å². The maximum atomic E-state index is 13.4. The molecule has 1 heterocycles. The quantitative estimate of drug-likeness (QED) is 0.399. The van der Waals surface area contributed by atoms with Crippen molar-refractivity contribution in [1.82, 2.24) is 0 Å². The molecule has 1 N–H and O–H groups in total. The monoisotopic (exact) mass is 469 g/mol. The molecule has 1 amide bonds. The van der Waals surface area contributed by atoms with Crippen LogP contribution in [0.5, 0.6) is 5.75 Å². The molecule has 1 atom stereocenters. The summed E-state index contributed by atoms with van der Waals surface area (Å²) in [5.74, 6) is -0.223. The predicted octanol–water partition coefficient (Wildman–Crippen LogP) is 6.31. The second-order valence-corrected chi connectivity index (χ2v) is 9.00. The van der Waals surface area contributed by atoms with E-state index in [9.17, 15) is 14.7 Å². The second kappa shape index (κ2) is 10.6. The van der Waals surface area contributed by atoms with Crippen molar-refractivity contribution in [3.63, 3.8) is 0 Å². The number of carbonyl (C=O) groups is 2. The molecule has 5 heteroatoms. The summed E-state index contributed by atoms with van der Waals surface area (Å²) in [6, 6.07) is 24.1. The van der Waals surface area contributed by atoms with E-state index in [4.69, 9.17) is 4.74 Å². The summed E-state index contributed by atoms with van der Waals surface area (Å²) in [6.07, 6.45) is 0.730. The van der Waals surface area contributed by atoms with Gasteiger partial charge in [-0.2, -0.15) is 0 Å². The van der Waals surface area contributed by atoms with Gasteiger partial charge in [0.25, 0.3) is 5.91 Å². The fourth-order valence-corrected chi connectivity index (χ4v) is 4.44. The average molecular weight is 470 g/mol. The average Bonchev–Trinajstić information content (AvgIpc) is 3.14. The number of Topliss-reactive ketones (excluding diaryl/α,β-unsaturated/α-hetero) is 1. The Morgan fingerprint density at radius 2 is 1.63 bits per heavy atom. The van der Waals surface area contributed by atoms with Crippen LogP contribution in [0, 0.1) is 0 Å². The van der Waals surface area contributed by atoms with Gasteiger partial charge in [0.05, 0.1) is 18.2 Å². The number of nitrogens with zero attached hydrogens (tertiary/aromatic N) is 1. The first-order valence-corrected chi connectivity index (χ1v) is 12.1. The van der Waals surface area contributed by atoms with Gasteiger partial charge in [-0.15, -0.1) is 0 Å². The van der Waals surface area contributed by atoms with Gasteiger partial charge in [0.2, 0.25) is 0 Å². The Morgan fingerprint density at radius 3 is 2.23 bits per heavy atom. The van der Waals surface area contributed by atoms with E-state index in [1.165, 1.54) is 4.90 Å². The lowest BCUT2D eigenvalue weighted by molar-refractivity contribution is -0.118. The van der Waals surface area contributed by atoms with Crippen LogP contribution in [0.25, 0.3) is 0 Å². The first-order chi connectivity index (χ1) is 16.9. The molecule has 0 aliphatic carbocycles. The maximum absolute atomic E-state index is 13.4. The first kappa shape index (κ1) is 24.3. The lowest BCUT2D eigenvalue weighted by Crippen LogP contribution is -2.31. The van der Waals surface area contributed by atoms with Crippen LogP contribution in [0.4, 0.5) is 5.69 Å². The third-order valence-corrected chi connectivity index (χ3v) is 6.34. The summed E-state index contributed by atoms with van der Waals surface area (Å²) in [5.41, 5.74) is 3.69. The Hall–Kier alpha value is -3.86. The van der Waals surface area contributed by atoms with Crippen molar-refractivity contribution in [1.29, 1.82) is 0 Å². The van der Waals surface area contributed by atoms with Crippen LogP contribution in [-0.2, 0) is 16.0 Å². The Morgan fingerprint density at radius 1 is 0.971 bits per heavy atom. The van der Waals surface area contributed by atoms with E-state index < -0.39 is 17.7 Å². The number of hydrogen-bond donors (Lipinski definition) is 1. The van der Waals surface area contributed by atoms with Gasteiger partial charge in [-0.25, -0.2) is 0 Å². The number of aliphatic hydroxyl groups is 1. The van der Waals surface area contributed by atoms with Crippen molar-refractivity contribution in [2.45, 2.75) is 45.6 Å². The van der Waals surface area contributed by atoms with Crippen LogP contribution >= 0.6 is 0 Å². The van der Waals surface area contributed by atoms with Crippen LogP contribution in [0.1, 0.15) is 55.8 Å². The number of aryl methyl sites for hydroxylation is 1. The molecule has 5 nitrogen and oxygen atoms in total. The Kier molecular flexibility index (Phi) is 7.35. The zero-order valence-corrected chi connectivity index (χ0v) is 20.4. The Balaban J connectivity index is 1.71. The van der Waals surface area contributed by atoms with Gasteiger partial charge in [-0.3, -0.25) is 14.5 Å². The van der Waals surface area contributed by atoms with Crippen molar-refractivity contribution in [3.05, 3.63) is 107 Å². The smallest absolute Gasteiger partial charge is 0.294 e. The molecular weight excluding hydrogens is 438 g/mol. The van der Waals surface area contributed by atoms with E-state index in [-0.39, 0.29) is 17.8 Å². The van der Waals surface area contributed by atoms with E-state index >= 15 is 0 Å². The Labute approximate surface area is 206 Å². The molecule has 1 aliphatic rings. The normalized spacial score (nSPS) is 15.7. The molecule has 0 spiro atoms. The van der Waals surface area contributed by atoms with E-state index in [2.05, 4.69) is 13.8 Å². The van der Waals surface area contributed by atoms with Crippen molar-refractivity contribution >= 4 is 17.4 Å². The Bertz CT molecular complexity index is 1210.